The summed E-state index contributed by atoms with van der Waals surface area (Å²) < 4.78 is 27.4. The minimum absolute atomic E-state index is 0.250. The van der Waals surface area contributed by atoms with Crippen LogP contribution in [-0.4, -0.2) is 41.3 Å². The van der Waals surface area contributed by atoms with E-state index in [1.165, 1.54) is 35.5 Å². The van der Waals surface area contributed by atoms with Crippen LogP contribution in [0, 0.1) is 0 Å². The first-order valence-electron chi connectivity index (χ1n) is 7.27. The van der Waals surface area contributed by atoms with Crippen molar-refractivity contribution in [2.45, 2.75) is 0 Å². The number of carbonyl (C=O) groups is 1. The van der Waals surface area contributed by atoms with Gasteiger partial charge >= 0.3 is 0 Å². The lowest BCUT2D eigenvalue weighted by Gasteiger charge is -2.17. The van der Waals surface area contributed by atoms with Gasteiger partial charge < -0.3 is 23.7 Å². The number of ketones is 1. The molecule has 2 aromatic rings. The molecular formula is C18H19BrO6. The summed E-state index contributed by atoms with van der Waals surface area (Å²) >= 11 is 3.39. The van der Waals surface area contributed by atoms with Gasteiger partial charge in [0.2, 0.25) is 5.78 Å². The number of ether oxygens (including phenoxy) is 5. The van der Waals surface area contributed by atoms with Crippen molar-refractivity contribution in [3.05, 3.63) is 39.9 Å². The van der Waals surface area contributed by atoms with Crippen LogP contribution in [0.15, 0.2) is 28.7 Å². The van der Waals surface area contributed by atoms with Gasteiger partial charge in [0.15, 0.2) is 0 Å². The number of benzene rings is 2. The third-order valence-corrected chi connectivity index (χ3v) is 4.29. The average molecular weight is 411 g/mol. The summed E-state index contributed by atoms with van der Waals surface area (Å²) in [7, 11) is 7.44. The van der Waals surface area contributed by atoms with Gasteiger partial charge in [-0.3, -0.25) is 4.79 Å². The lowest BCUT2D eigenvalue weighted by Crippen LogP contribution is -2.10. The molecule has 0 radical (unpaired) electrons. The van der Waals surface area contributed by atoms with E-state index in [0.717, 1.165) is 0 Å². The van der Waals surface area contributed by atoms with Gasteiger partial charge in [-0.2, -0.15) is 0 Å². The highest BCUT2D eigenvalue weighted by Gasteiger charge is 2.28. The number of carbonyl (C=O) groups excluding carboxylic acids is 1. The van der Waals surface area contributed by atoms with Crippen LogP contribution in [-0.2, 0) is 0 Å². The van der Waals surface area contributed by atoms with Crippen LogP contribution in [0.3, 0.4) is 0 Å². The number of rotatable bonds is 7. The molecule has 0 N–H and O–H groups in total. The zero-order valence-corrected chi connectivity index (χ0v) is 16.2. The fraction of sp³-hybridized carbons (Fsp3) is 0.278. The van der Waals surface area contributed by atoms with Crippen molar-refractivity contribution in [3.63, 3.8) is 0 Å². The quantitative estimate of drug-likeness (QED) is 0.648. The Kier molecular flexibility index (Phi) is 6.14. The SMILES string of the molecule is COc1cc(OC)c(C(=O)c2c(OC)ccc(Br)c2OC)c(OC)c1. The molecule has 7 heteroatoms. The zero-order chi connectivity index (χ0) is 18.6. The Labute approximate surface area is 154 Å². The van der Waals surface area contributed by atoms with Crippen LogP contribution in [0.25, 0.3) is 0 Å². The van der Waals surface area contributed by atoms with Crippen molar-refractivity contribution < 1.29 is 28.5 Å². The Balaban J connectivity index is 2.76. The Morgan fingerprint density at radius 1 is 0.760 bits per heavy atom. The first kappa shape index (κ1) is 18.9. The van der Waals surface area contributed by atoms with E-state index in [1.807, 2.05) is 0 Å². The number of halogens is 1. The fourth-order valence-electron chi connectivity index (χ4n) is 2.48. The van der Waals surface area contributed by atoms with Gasteiger partial charge in [-0.05, 0) is 28.1 Å². The first-order chi connectivity index (χ1) is 12.0. The molecule has 0 aliphatic rings. The molecule has 0 amide bonds. The van der Waals surface area contributed by atoms with E-state index in [0.29, 0.717) is 33.2 Å². The van der Waals surface area contributed by atoms with E-state index in [2.05, 4.69) is 15.9 Å². The molecule has 0 heterocycles. The minimum Gasteiger partial charge on any atom is -0.496 e. The molecule has 6 nitrogen and oxygen atoms in total. The largest absolute Gasteiger partial charge is 0.496 e. The van der Waals surface area contributed by atoms with Gasteiger partial charge in [0.1, 0.15) is 39.9 Å². The van der Waals surface area contributed by atoms with Gasteiger partial charge in [-0.1, -0.05) is 0 Å². The monoisotopic (exact) mass is 410 g/mol. The van der Waals surface area contributed by atoms with Gasteiger partial charge in [0.25, 0.3) is 0 Å². The summed E-state index contributed by atoms with van der Waals surface area (Å²) in [6.07, 6.45) is 0. The second kappa shape index (κ2) is 8.11. The molecule has 25 heavy (non-hydrogen) atoms. The van der Waals surface area contributed by atoms with Crippen molar-refractivity contribution in [2.75, 3.05) is 35.5 Å². The highest BCUT2D eigenvalue weighted by Crippen LogP contribution is 2.42. The third-order valence-electron chi connectivity index (χ3n) is 3.66. The minimum atomic E-state index is -0.355. The smallest absolute Gasteiger partial charge is 0.208 e. The van der Waals surface area contributed by atoms with Crippen molar-refractivity contribution in [3.8, 4) is 28.7 Å². The van der Waals surface area contributed by atoms with E-state index >= 15 is 0 Å². The number of hydrogen-bond acceptors (Lipinski definition) is 6. The van der Waals surface area contributed by atoms with Crippen LogP contribution >= 0.6 is 15.9 Å². The van der Waals surface area contributed by atoms with Crippen LogP contribution in [0.4, 0.5) is 0 Å². The Morgan fingerprint density at radius 3 is 1.76 bits per heavy atom. The van der Waals surface area contributed by atoms with E-state index in [9.17, 15) is 4.79 Å². The van der Waals surface area contributed by atoms with E-state index in [4.69, 9.17) is 23.7 Å². The van der Waals surface area contributed by atoms with E-state index in [-0.39, 0.29) is 16.9 Å². The normalized spacial score (nSPS) is 10.2. The average Bonchev–Trinajstić information content (AvgIpc) is 2.65. The molecule has 0 aromatic heterocycles. The van der Waals surface area contributed by atoms with Crippen LogP contribution < -0.4 is 23.7 Å². The molecule has 0 atom stereocenters. The van der Waals surface area contributed by atoms with Crippen molar-refractivity contribution in [1.82, 2.24) is 0 Å². The number of hydrogen-bond donors (Lipinski definition) is 0. The zero-order valence-electron chi connectivity index (χ0n) is 14.6. The Morgan fingerprint density at radius 2 is 1.32 bits per heavy atom. The lowest BCUT2D eigenvalue weighted by molar-refractivity contribution is 0.102. The van der Waals surface area contributed by atoms with Crippen molar-refractivity contribution in [2.24, 2.45) is 0 Å². The highest BCUT2D eigenvalue weighted by atomic mass is 79.9. The second-order valence-electron chi connectivity index (χ2n) is 4.89. The third kappa shape index (κ3) is 3.51. The maximum absolute atomic E-state index is 13.3. The summed E-state index contributed by atoms with van der Waals surface area (Å²) in [6.45, 7) is 0. The predicted molar refractivity (Wildman–Crippen MR) is 96.8 cm³/mol. The molecule has 0 aliphatic heterocycles. The molecule has 0 spiro atoms. The maximum Gasteiger partial charge on any atom is 0.208 e. The van der Waals surface area contributed by atoms with Crippen LogP contribution in [0.1, 0.15) is 15.9 Å². The second-order valence-corrected chi connectivity index (χ2v) is 5.75. The molecular weight excluding hydrogens is 392 g/mol. The van der Waals surface area contributed by atoms with Gasteiger partial charge in [-0.25, -0.2) is 0 Å². The first-order valence-corrected chi connectivity index (χ1v) is 8.06. The van der Waals surface area contributed by atoms with Gasteiger partial charge in [0.05, 0.1) is 40.0 Å². The molecule has 0 unspecified atom stereocenters. The predicted octanol–water partition coefficient (Wildman–Crippen LogP) is 3.72. The number of methoxy groups -OCH3 is 5. The summed E-state index contributed by atoms with van der Waals surface area (Å²) in [4.78, 5) is 13.3. The standard InChI is InChI=1S/C18H19BrO6/c1-21-10-8-13(23-3)15(14(9-10)24-4)17(20)16-12(22-2)7-6-11(19)18(16)25-5/h6-9H,1-5H3. The molecule has 0 bridgehead atoms. The summed E-state index contributed by atoms with van der Waals surface area (Å²) in [5.41, 5.74) is 0.515. The maximum atomic E-state index is 13.3. The van der Waals surface area contributed by atoms with Gasteiger partial charge in [0, 0.05) is 12.1 Å². The molecule has 134 valence electrons. The Bertz CT molecular complexity index is 762. The molecule has 2 aromatic carbocycles. The van der Waals surface area contributed by atoms with Crippen molar-refractivity contribution in [1.29, 1.82) is 0 Å². The van der Waals surface area contributed by atoms with E-state index < -0.39 is 0 Å². The molecule has 0 aliphatic carbocycles. The summed E-state index contributed by atoms with van der Waals surface area (Å²) in [6, 6.07) is 6.67. The van der Waals surface area contributed by atoms with E-state index in [1.54, 1.807) is 24.3 Å². The summed E-state index contributed by atoms with van der Waals surface area (Å²) in [5.74, 6) is 1.55. The topological polar surface area (TPSA) is 63.2 Å². The lowest BCUT2D eigenvalue weighted by atomic mass is 9.99. The highest BCUT2D eigenvalue weighted by molar-refractivity contribution is 9.10. The van der Waals surface area contributed by atoms with Gasteiger partial charge in [-0.15, -0.1) is 0 Å². The Hall–Kier alpha value is -2.41. The van der Waals surface area contributed by atoms with Crippen molar-refractivity contribution >= 4 is 21.7 Å². The van der Waals surface area contributed by atoms with Crippen LogP contribution in [0.5, 0.6) is 28.7 Å². The molecule has 0 fully saturated rings. The van der Waals surface area contributed by atoms with Crippen LogP contribution in [0.2, 0.25) is 0 Å². The fourth-order valence-corrected chi connectivity index (χ4v) is 2.97. The molecule has 0 saturated heterocycles. The molecule has 2 rings (SSSR count). The summed E-state index contributed by atoms with van der Waals surface area (Å²) in [5, 5.41) is 0. The molecule has 0 saturated carbocycles.